The van der Waals surface area contributed by atoms with Crippen molar-refractivity contribution in [3.05, 3.63) is 84.3 Å². The zero-order chi connectivity index (χ0) is 19.6. The Bertz CT molecular complexity index is 1260. The molecule has 0 spiro atoms. The van der Waals surface area contributed by atoms with Crippen LogP contribution in [-0.2, 0) is 6.61 Å². The number of benzene rings is 2. The molecule has 0 aliphatic heterocycles. The van der Waals surface area contributed by atoms with E-state index in [4.69, 9.17) is 14.4 Å². The smallest absolute Gasteiger partial charge is 0.240 e. The van der Waals surface area contributed by atoms with E-state index in [0.29, 0.717) is 23.0 Å². The van der Waals surface area contributed by atoms with E-state index in [1.807, 2.05) is 79.7 Å². The van der Waals surface area contributed by atoms with Gasteiger partial charge in [0.15, 0.2) is 11.5 Å². The van der Waals surface area contributed by atoms with Gasteiger partial charge in [-0.1, -0.05) is 65.8 Å². The van der Waals surface area contributed by atoms with Crippen LogP contribution in [0.1, 0.15) is 11.5 Å². The van der Waals surface area contributed by atoms with Crippen molar-refractivity contribution in [2.24, 2.45) is 0 Å². The molecule has 0 unspecified atom stereocenters. The minimum absolute atomic E-state index is 0.248. The van der Waals surface area contributed by atoms with Crippen molar-refractivity contribution < 1.29 is 9.26 Å². The van der Waals surface area contributed by atoms with Crippen molar-refractivity contribution >= 4 is 5.65 Å². The van der Waals surface area contributed by atoms with Crippen molar-refractivity contribution in [3.8, 4) is 28.4 Å². The van der Waals surface area contributed by atoms with Gasteiger partial charge in [0.05, 0.1) is 0 Å². The van der Waals surface area contributed by atoms with E-state index in [9.17, 15) is 0 Å². The maximum absolute atomic E-state index is 6.05. The first-order chi connectivity index (χ1) is 14.3. The van der Waals surface area contributed by atoms with Gasteiger partial charge in [0, 0.05) is 17.2 Å². The first-order valence-electron chi connectivity index (χ1n) is 9.20. The van der Waals surface area contributed by atoms with Crippen LogP contribution >= 0.6 is 0 Å². The Labute approximate surface area is 166 Å². The Morgan fingerprint density at radius 3 is 2.31 bits per heavy atom. The number of hydrogen-bond donors (Lipinski definition) is 0. The van der Waals surface area contributed by atoms with E-state index in [1.165, 1.54) is 0 Å². The first-order valence-corrected chi connectivity index (χ1v) is 9.20. The van der Waals surface area contributed by atoms with E-state index in [1.54, 1.807) is 4.52 Å². The average Bonchev–Trinajstić information content (AvgIpc) is 3.38. The van der Waals surface area contributed by atoms with E-state index >= 15 is 0 Å². The molecule has 29 heavy (non-hydrogen) atoms. The molecule has 0 atom stereocenters. The Kier molecular flexibility index (Phi) is 4.25. The summed E-state index contributed by atoms with van der Waals surface area (Å²) in [5.41, 5.74) is 4.10. The molecule has 0 aliphatic carbocycles. The third kappa shape index (κ3) is 3.34. The molecule has 0 amide bonds. The fourth-order valence-corrected chi connectivity index (χ4v) is 3.14. The Morgan fingerprint density at radius 2 is 1.62 bits per heavy atom. The van der Waals surface area contributed by atoms with Crippen LogP contribution in [0.4, 0.5) is 0 Å². The van der Waals surface area contributed by atoms with Gasteiger partial charge in [0.2, 0.25) is 5.88 Å². The number of ether oxygens (including phenoxy) is 1. The molecule has 0 bridgehead atoms. The van der Waals surface area contributed by atoms with Crippen LogP contribution in [0.5, 0.6) is 5.88 Å². The second-order valence-electron chi connectivity index (χ2n) is 6.61. The number of aryl methyl sites for hydroxylation is 1. The fraction of sp³-hybridized carbons (Fsp3) is 0.0909. The van der Waals surface area contributed by atoms with Crippen molar-refractivity contribution in [2.75, 3.05) is 0 Å². The summed E-state index contributed by atoms with van der Waals surface area (Å²) < 4.78 is 12.9. The van der Waals surface area contributed by atoms with Crippen LogP contribution in [0.3, 0.4) is 0 Å². The maximum Gasteiger partial charge on any atom is 0.240 e. The highest BCUT2D eigenvalue weighted by molar-refractivity contribution is 5.72. The third-order valence-electron chi connectivity index (χ3n) is 4.51. The lowest BCUT2D eigenvalue weighted by molar-refractivity contribution is 0.275. The van der Waals surface area contributed by atoms with Crippen LogP contribution in [0.25, 0.3) is 28.2 Å². The van der Waals surface area contributed by atoms with Crippen LogP contribution in [0.15, 0.2) is 77.3 Å². The zero-order valence-electron chi connectivity index (χ0n) is 15.7. The van der Waals surface area contributed by atoms with Crippen LogP contribution in [0.2, 0.25) is 0 Å². The van der Waals surface area contributed by atoms with Crippen molar-refractivity contribution in [1.29, 1.82) is 0 Å². The largest absolute Gasteiger partial charge is 0.470 e. The van der Waals surface area contributed by atoms with Gasteiger partial charge in [-0.3, -0.25) is 0 Å². The van der Waals surface area contributed by atoms with E-state index in [-0.39, 0.29) is 6.61 Å². The molecule has 0 fully saturated rings. The topological polar surface area (TPSA) is 78.3 Å². The Balaban J connectivity index is 1.62. The number of nitrogens with zero attached hydrogens (tertiary/aromatic N) is 5. The quantitative estimate of drug-likeness (QED) is 0.449. The molecule has 0 radical (unpaired) electrons. The Morgan fingerprint density at radius 1 is 0.897 bits per heavy atom. The average molecular weight is 383 g/mol. The summed E-state index contributed by atoms with van der Waals surface area (Å²) >= 11 is 0. The highest BCUT2D eigenvalue weighted by Gasteiger charge is 2.16. The lowest BCUT2D eigenvalue weighted by atomic mass is 10.1. The van der Waals surface area contributed by atoms with Crippen molar-refractivity contribution in [2.45, 2.75) is 13.5 Å². The lowest BCUT2D eigenvalue weighted by Crippen LogP contribution is -2.04. The van der Waals surface area contributed by atoms with E-state index < -0.39 is 0 Å². The van der Waals surface area contributed by atoms with Crippen molar-refractivity contribution in [1.82, 2.24) is 25.0 Å². The molecule has 3 aromatic heterocycles. The molecule has 0 N–H and O–H groups in total. The summed E-state index contributed by atoms with van der Waals surface area (Å²) in [6.07, 6.45) is 0. The molecule has 0 saturated heterocycles. The van der Waals surface area contributed by atoms with Gasteiger partial charge in [-0.05, 0) is 18.6 Å². The van der Waals surface area contributed by atoms with Crippen LogP contribution in [-0.4, -0.2) is 25.0 Å². The summed E-state index contributed by atoms with van der Waals surface area (Å²) in [5.74, 6) is 1.86. The summed E-state index contributed by atoms with van der Waals surface area (Å²) in [7, 11) is 0. The monoisotopic (exact) mass is 383 g/mol. The molecule has 142 valence electrons. The van der Waals surface area contributed by atoms with E-state index in [2.05, 4.69) is 15.4 Å². The minimum atomic E-state index is 0.248. The van der Waals surface area contributed by atoms with Crippen LogP contribution < -0.4 is 4.74 Å². The predicted molar refractivity (Wildman–Crippen MR) is 107 cm³/mol. The molecule has 5 aromatic rings. The second-order valence-corrected chi connectivity index (χ2v) is 6.61. The number of rotatable bonds is 5. The SMILES string of the molecule is Cc1cc(COc2nn3c(-c4ccccc4)nnc3cc2-c2ccccc2)no1. The summed E-state index contributed by atoms with van der Waals surface area (Å²) in [6, 6.07) is 23.5. The van der Waals surface area contributed by atoms with Crippen molar-refractivity contribution in [3.63, 3.8) is 0 Å². The van der Waals surface area contributed by atoms with Gasteiger partial charge in [-0.25, -0.2) is 0 Å². The van der Waals surface area contributed by atoms with Gasteiger partial charge in [0.25, 0.3) is 0 Å². The molecule has 7 nitrogen and oxygen atoms in total. The van der Waals surface area contributed by atoms with Gasteiger partial charge in [-0.2, -0.15) is 4.52 Å². The Hall–Kier alpha value is -4.00. The molecule has 5 rings (SSSR count). The molecule has 3 heterocycles. The summed E-state index contributed by atoms with van der Waals surface area (Å²) in [6.45, 7) is 2.10. The minimum Gasteiger partial charge on any atom is -0.470 e. The van der Waals surface area contributed by atoms with Gasteiger partial charge < -0.3 is 9.26 Å². The van der Waals surface area contributed by atoms with Crippen LogP contribution in [0, 0.1) is 6.92 Å². The maximum atomic E-state index is 6.05. The zero-order valence-corrected chi connectivity index (χ0v) is 15.7. The lowest BCUT2D eigenvalue weighted by Gasteiger charge is -2.11. The standard InChI is InChI=1S/C22H17N5O2/c1-15-12-18(26-29-15)14-28-22-19(16-8-4-2-5-9-16)13-20-23-24-21(27(20)25-22)17-10-6-3-7-11-17/h2-13H,14H2,1H3. The second kappa shape index (κ2) is 7.20. The summed E-state index contributed by atoms with van der Waals surface area (Å²) in [4.78, 5) is 0. The number of fused-ring (bicyclic) bond motifs is 1. The number of hydrogen-bond acceptors (Lipinski definition) is 6. The third-order valence-corrected chi connectivity index (χ3v) is 4.51. The number of aromatic nitrogens is 5. The van der Waals surface area contributed by atoms with E-state index in [0.717, 1.165) is 22.5 Å². The highest BCUT2D eigenvalue weighted by Crippen LogP contribution is 2.30. The van der Waals surface area contributed by atoms with Gasteiger partial charge in [-0.15, -0.1) is 15.3 Å². The summed E-state index contributed by atoms with van der Waals surface area (Å²) in [5, 5.41) is 17.4. The first kappa shape index (κ1) is 17.1. The molecule has 0 saturated carbocycles. The molecule has 2 aromatic carbocycles. The van der Waals surface area contributed by atoms with Gasteiger partial charge >= 0.3 is 0 Å². The molecule has 7 heteroatoms. The fourth-order valence-electron chi connectivity index (χ4n) is 3.14. The predicted octanol–water partition coefficient (Wildman–Crippen LogP) is 4.33. The normalized spacial score (nSPS) is 11.1. The molecular formula is C22H17N5O2. The molecular weight excluding hydrogens is 366 g/mol. The highest BCUT2D eigenvalue weighted by atomic mass is 16.5. The molecule has 0 aliphatic rings. The van der Waals surface area contributed by atoms with Gasteiger partial charge in [0.1, 0.15) is 18.1 Å².